The van der Waals surface area contributed by atoms with Crippen molar-refractivity contribution in [2.75, 3.05) is 6.54 Å². The highest BCUT2D eigenvalue weighted by molar-refractivity contribution is 5.78. The number of rotatable bonds is 5. The van der Waals surface area contributed by atoms with E-state index in [0.29, 0.717) is 6.04 Å². The molecule has 0 bridgehead atoms. The first kappa shape index (κ1) is 12.0. The van der Waals surface area contributed by atoms with Crippen molar-refractivity contribution < 1.29 is 4.42 Å². The van der Waals surface area contributed by atoms with Gasteiger partial charge in [0.15, 0.2) is 0 Å². The molecule has 0 fully saturated rings. The van der Waals surface area contributed by atoms with Crippen LogP contribution in [0.15, 0.2) is 53.3 Å². The van der Waals surface area contributed by atoms with Crippen molar-refractivity contribution in [3.05, 3.63) is 54.6 Å². The van der Waals surface area contributed by atoms with E-state index in [2.05, 4.69) is 34.2 Å². The van der Waals surface area contributed by atoms with Crippen molar-refractivity contribution in [2.24, 2.45) is 0 Å². The van der Waals surface area contributed by atoms with Crippen LogP contribution in [0.4, 0.5) is 0 Å². The summed E-state index contributed by atoms with van der Waals surface area (Å²) in [5.74, 6) is 0.956. The van der Waals surface area contributed by atoms with Gasteiger partial charge in [-0.3, -0.25) is 4.68 Å². The normalized spacial score (nSPS) is 12.9. The lowest BCUT2D eigenvalue weighted by atomic mass is 10.2. The summed E-state index contributed by atoms with van der Waals surface area (Å²) in [5, 5.41) is 9.03. The average molecular weight is 255 g/mol. The SMILES string of the molecule is CC(CNCc1ccco1)n1ncc2ccccc21. The molecule has 0 spiro atoms. The monoisotopic (exact) mass is 255 g/mol. The number of aromatic nitrogens is 2. The van der Waals surface area contributed by atoms with Crippen molar-refractivity contribution in [2.45, 2.75) is 19.5 Å². The average Bonchev–Trinajstić information content (AvgIpc) is 3.07. The topological polar surface area (TPSA) is 43.0 Å². The first-order chi connectivity index (χ1) is 9.34. The maximum atomic E-state index is 5.29. The van der Waals surface area contributed by atoms with Gasteiger partial charge in [-0.05, 0) is 25.1 Å². The highest BCUT2D eigenvalue weighted by Gasteiger charge is 2.09. The third-order valence-electron chi connectivity index (χ3n) is 3.24. The molecule has 1 aromatic carbocycles. The van der Waals surface area contributed by atoms with E-state index in [4.69, 9.17) is 4.42 Å². The summed E-state index contributed by atoms with van der Waals surface area (Å²) in [6.07, 6.45) is 3.61. The number of para-hydroxylation sites is 1. The molecule has 1 N–H and O–H groups in total. The lowest BCUT2D eigenvalue weighted by Crippen LogP contribution is -2.23. The van der Waals surface area contributed by atoms with E-state index < -0.39 is 0 Å². The molecule has 0 saturated carbocycles. The molecule has 2 heterocycles. The van der Waals surface area contributed by atoms with Gasteiger partial charge in [0.2, 0.25) is 0 Å². The lowest BCUT2D eigenvalue weighted by Gasteiger charge is -2.14. The number of furan rings is 1. The smallest absolute Gasteiger partial charge is 0.117 e. The number of fused-ring (bicyclic) bond motifs is 1. The van der Waals surface area contributed by atoms with Gasteiger partial charge in [-0.1, -0.05) is 18.2 Å². The first-order valence-corrected chi connectivity index (χ1v) is 6.50. The van der Waals surface area contributed by atoms with Gasteiger partial charge in [-0.25, -0.2) is 0 Å². The van der Waals surface area contributed by atoms with Crippen LogP contribution in [-0.2, 0) is 6.54 Å². The number of nitrogens with zero attached hydrogens (tertiary/aromatic N) is 2. The molecule has 4 nitrogen and oxygen atoms in total. The Morgan fingerprint density at radius 1 is 1.26 bits per heavy atom. The molecule has 2 aromatic heterocycles. The van der Waals surface area contributed by atoms with E-state index in [-0.39, 0.29) is 0 Å². The van der Waals surface area contributed by atoms with Crippen LogP contribution >= 0.6 is 0 Å². The standard InChI is InChI=1S/C15H17N3O/c1-12(9-16-11-14-6-4-8-19-14)18-15-7-3-2-5-13(15)10-17-18/h2-8,10,12,16H,9,11H2,1H3. The number of hydrogen-bond acceptors (Lipinski definition) is 3. The van der Waals surface area contributed by atoms with E-state index in [0.717, 1.165) is 18.8 Å². The largest absolute Gasteiger partial charge is 0.468 e. The summed E-state index contributed by atoms with van der Waals surface area (Å²) in [6, 6.07) is 12.4. The summed E-state index contributed by atoms with van der Waals surface area (Å²) >= 11 is 0. The molecule has 1 unspecified atom stereocenters. The molecule has 3 aromatic rings. The summed E-state index contributed by atoms with van der Waals surface area (Å²) in [5.41, 5.74) is 1.18. The molecule has 0 aliphatic carbocycles. The fourth-order valence-electron chi connectivity index (χ4n) is 2.25. The fraction of sp³-hybridized carbons (Fsp3) is 0.267. The van der Waals surface area contributed by atoms with Crippen molar-refractivity contribution in [3.63, 3.8) is 0 Å². The second-order valence-electron chi connectivity index (χ2n) is 4.71. The molecule has 98 valence electrons. The second kappa shape index (κ2) is 5.28. The van der Waals surface area contributed by atoms with Gasteiger partial charge in [0.05, 0.1) is 30.6 Å². The van der Waals surface area contributed by atoms with Gasteiger partial charge in [0, 0.05) is 11.9 Å². The molecule has 4 heteroatoms. The maximum absolute atomic E-state index is 5.29. The third-order valence-corrected chi connectivity index (χ3v) is 3.24. The van der Waals surface area contributed by atoms with Crippen LogP contribution in [0, 0.1) is 0 Å². The Morgan fingerprint density at radius 2 is 2.16 bits per heavy atom. The Labute approximate surface area is 112 Å². The van der Waals surface area contributed by atoms with Gasteiger partial charge >= 0.3 is 0 Å². The zero-order chi connectivity index (χ0) is 13.1. The van der Waals surface area contributed by atoms with Crippen LogP contribution < -0.4 is 5.32 Å². The third kappa shape index (κ3) is 2.53. The Balaban J connectivity index is 1.65. The summed E-state index contributed by atoms with van der Waals surface area (Å²) < 4.78 is 7.35. The van der Waals surface area contributed by atoms with E-state index in [1.54, 1.807) is 6.26 Å². The maximum Gasteiger partial charge on any atom is 0.117 e. The molecule has 3 rings (SSSR count). The number of nitrogens with one attached hydrogen (secondary N) is 1. The van der Waals surface area contributed by atoms with Crippen LogP contribution in [0.3, 0.4) is 0 Å². The van der Waals surface area contributed by atoms with Crippen molar-refractivity contribution in [1.82, 2.24) is 15.1 Å². The van der Waals surface area contributed by atoms with E-state index in [9.17, 15) is 0 Å². The fourth-order valence-corrected chi connectivity index (χ4v) is 2.25. The summed E-state index contributed by atoms with van der Waals surface area (Å²) in [4.78, 5) is 0. The van der Waals surface area contributed by atoms with Gasteiger partial charge in [0.1, 0.15) is 5.76 Å². The molecular formula is C15H17N3O. The molecule has 0 amide bonds. The molecule has 0 radical (unpaired) electrons. The van der Waals surface area contributed by atoms with Gasteiger partial charge in [0.25, 0.3) is 0 Å². The zero-order valence-electron chi connectivity index (χ0n) is 10.9. The number of hydrogen-bond donors (Lipinski definition) is 1. The van der Waals surface area contributed by atoms with Crippen LogP contribution in [-0.4, -0.2) is 16.3 Å². The zero-order valence-corrected chi connectivity index (χ0v) is 10.9. The highest BCUT2D eigenvalue weighted by atomic mass is 16.3. The second-order valence-corrected chi connectivity index (χ2v) is 4.71. The quantitative estimate of drug-likeness (QED) is 0.762. The predicted octanol–water partition coefficient (Wildman–Crippen LogP) is 2.98. The Morgan fingerprint density at radius 3 is 3.00 bits per heavy atom. The molecule has 0 aliphatic heterocycles. The number of benzene rings is 1. The van der Waals surface area contributed by atoms with E-state index >= 15 is 0 Å². The first-order valence-electron chi connectivity index (χ1n) is 6.50. The van der Waals surface area contributed by atoms with Gasteiger partial charge in [-0.2, -0.15) is 5.10 Å². The van der Waals surface area contributed by atoms with Crippen molar-refractivity contribution in [1.29, 1.82) is 0 Å². The van der Waals surface area contributed by atoms with Crippen LogP contribution in [0.25, 0.3) is 10.9 Å². The summed E-state index contributed by atoms with van der Waals surface area (Å²) in [7, 11) is 0. The molecule has 1 atom stereocenters. The molecular weight excluding hydrogens is 238 g/mol. The highest BCUT2D eigenvalue weighted by Crippen LogP contribution is 2.16. The molecule has 19 heavy (non-hydrogen) atoms. The van der Waals surface area contributed by atoms with Crippen LogP contribution in [0.1, 0.15) is 18.7 Å². The van der Waals surface area contributed by atoms with E-state index in [1.807, 2.05) is 30.5 Å². The Kier molecular flexibility index (Phi) is 3.33. The minimum atomic E-state index is 0.301. The molecule has 0 aliphatic rings. The Hall–Kier alpha value is -2.07. The Bertz CT molecular complexity index is 642. The lowest BCUT2D eigenvalue weighted by molar-refractivity contribution is 0.434. The van der Waals surface area contributed by atoms with E-state index in [1.165, 1.54) is 10.9 Å². The summed E-state index contributed by atoms with van der Waals surface area (Å²) in [6.45, 7) is 3.76. The van der Waals surface area contributed by atoms with Crippen LogP contribution in [0.2, 0.25) is 0 Å². The van der Waals surface area contributed by atoms with Gasteiger partial charge < -0.3 is 9.73 Å². The minimum absolute atomic E-state index is 0.301. The predicted molar refractivity (Wildman–Crippen MR) is 74.9 cm³/mol. The minimum Gasteiger partial charge on any atom is -0.468 e. The molecule has 0 saturated heterocycles. The van der Waals surface area contributed by atoms with Gasteiger partial charge in [-0.15, -0.1) is 0 Å². The van der Waals surface area contributed by atoms with Crippen LogP contribution in [0.5, 0.6) is 0 Å². The van der Waals surface area contributed by atoms with Crippen molar-refractivity contribution in [3.8, 4) is 0 Å². The van der Waals surface area contributed by atoms with Crippen molar-refractivity contribution >= 4 is 10.9 Å².